The Morgan fingerprint density at radius 1 is 0.966 bits per heavy atom. The number of nitrogens with two attached hydrogens (primary N) is 1. The van der Waals surface area contributed by atoms with Gasteiger partial charge in [-0.25, -0.2) is 0 Å². The van der Waals surface area contributed by atoms with E-state index in [4.69, 9.17) is 10.8 Å². The minimum atomic E-state index is -1.47. The van der Waals surface area contributed by atoms with Crippen LogP contribution in [-0.4, -0.2) is 36.1 Å². The van der Waals surface area contributed by atoms with Gasteiger partial charge in [0.1, 0.15) is 12.4 Å². The molecule has 2 unspecified atom stereocenters. The van der Waals surface area contributed by atoms with Crippen molar-refractivity contribution in [3.63, 3.8) is 0 Å². The molecule has 0 fully saturated rings. The van der Waals surface area contributed by atoms with E-state index in [1.807, 2.05) is 0 Å². The van der Waals surface area contributed by atoms with Gasteiger partial charge in [-0.1, -0.05) is 67.2 Å². The fraction of sp³-hybridized carbons (Fsp3) is 0.696. The molecule has 0 aliphatic heterocycles. The quantitative estimate of drug-likeness (QED) is 0.115. The second-order valence-corrected chi connectivity index (χ2v) is 9.04. The molecular weight excluding hydrogens is 383 g/mol. The van der Waals surface area contributed by atoms with E-state index < -0.39 is 14.0 Å². The van der Waals surface area contributed by atoms with Gasteiger partial charge in [-0.3, -0.25) is 4.79 Å². The van der Waals surface area contributed by atoms with Crippen LogP contribution in [0.5, 0.6) is 0 Å². The fourth-order valence-electron chi connectivity index (χ4n) is 2.78. The van der Waals surface area contributed by atoms with Crippen molar-refractivity contribution in [2.75, 3.05) is 18.9 Å². The molecule has 0 radical (unpaired) electrons. The van der Waals surface area contributed by atoms with E-state index in [9.17, 15) is 9.36 Å². The molecule has 0 aromatic rings. The molecule has 166 valence electrons. The molecule has 2 atom stereocenters. The average Bonchev–Trinajstić information content (AvgIpc) is 2.67. The maximum Gasteiger partial charge on any atom is 0.342 e. The number of aliphatic hydroxyl groups is 1. The maximum absolute atomic E-state index is 11.7. The molecule has 29 heavy (non-hydrogen) atoms. The Hall–Kier alpha value is -1.29. The molecule has 0 saturated carbocycles. The van der Waals surface area contributed by atoms with E-state index in [1.54, 1.807) is 0 Å². The summed E-state index contributed by atoms with van der Waals surface area (Å²) in [6.07, 6.45) is 24.0. The van der Waals surface area contributed by atoms with Crippen molar-refractivity contribution < 1.29 is 14.5 Å². The molecule has 0 spiro atoms. The number of carbonyl (C=O) groups is 1. The van der Waals surface area contributed by atoms with Crippen LogP contribution < -0.4 is 11.1 Å². The van der Waals surface area contributed by atoms with Crippen LogP contribution in [0.1, 0.15) is 77.6 Å². The molecule has 0 rings (SSSR count). The number of rotatable bonds is 19. The third-order valence-electron chi connectivity index (χ3n) is 4.35. The number of hydrogen-bond donors (Lipinski definition) is 3. The van der Waals surface area contributed by atoms with Gasteiger partial charge in [-0.2, -0.15) is 0 Å². The zero-order valence-corrected chi connectivity index (χ0v) is 19.1. The summed E-state index contributed by atoms with van der Waals surface area (Å²) in [6, 6.07) is 0. The maximum atomic E-state index is 11.7. The largest absolute Gasteiger partial charge is 0.374 e. The third-order valence-corrected chi connectivity index (χ3v) is 5.95. The topological polar surface area (TPSA) is 92.4 Å². The van der Waals surface area contributed by atoms with Crippen molar-refractivity contribution in [1.29, 1.82) is 0 Å². The molecular formula is C23H42N2O3P+. The molecule has 1 amide bonds. The summed E-state index contributed by atoms with van der Waals surface area (Å²) in [5.41, 5.74) is 5.19. The molecule has 4 N–H and O–H groups in total. The van der Waals surface area contributed by atoms with Crippen molar-refractivity contribution in [2.45, 2.75) is 83.8 Å². The summed E-state index contributed by atoms with van der Waals surface area (Å²) < 4.78 is 11.5. The standard InChI is InChI=1S/C23H41N2O3P/c1-2-3-4-5-6-7-8-9-10-11-12-13-14-15-16-18-23(27)25-19-17-20-29(28)21-22(24)26/h3-4,6-7,9-10,22,26H,2,5,8,11-21,24H2,1H3/p+1. The SMILES string of the molecule is CCC=CCC=CCC=CCCCCCCCC(=O)NCCC[P+](=O)CC(N)O. The number of unbranched alkanes of at least 4 members (excludes halogenated alkanes) is 5. The van der Waals surface area contributed by atoms with Crippen LogP contribution in [0.4, 0.5) is 0 Å². The van der Waals surface area contributed by atoms with Crippen molar-refractivity contribution in [3.8, 4) is 0 Å². The van der Waals surface area contributed by atoms with E-state index in [0.29, 0.717) is 25.5 Å². The van der Waals surface area contributed by atoms with Gasteiger partial charge in [0.15, 0.2) is 6.16 Å². The Balaban J connectivity index is 3.39. The second-order valence-electron chi connectivity index (χ2n) is 7.26. The summed E-state index contributed by atoms with van der Waals surface area (Å²) >= 11 is 0. The number of aliphatic hydroxyl groups excluding tert-OH is 1. The summed E-state index contributed by atoms with van der Waals surface area (Å²) in [4.78, 5) is 11.7. The first kappa shape index (κ1) is 27.7. The number of nitrogens with one attached hydrogen (secondary N) is 1. The van der Waals surface area contributed by atoms with Gasteiger partial charge in [-0.05, 0) is 38.5 Å². The Morgan fingerprint density at radius 3 is 2.28 bits per heavy atom. The number of amides is 1. The molecule has 0 saturated heterocycles. The minimum absolute atomic E-state index is 0.0697. The first-order chi connectivity index (χ1) is 14.1. The first-order valence-corrected chi connectivity index (χ1v) is 12.8. The molecule has 6 heteroatoms. The lowest BCUT2D eigenvalue weighted by Crippen LogP contribution is -2.25. The molecule has 0 aliphatic carbocycles. The van der Waals surface area contributed by atoms with Crippen LogP contribution in [0.2, 0.25) is 0 Å². The lowest BCUT2D eigenvalue weighted by Gasteiger charge is -2.03. The summed E-state index contributed by atoms with van der Waals surface area (Å²) in [7, 11) is -1.47. The fourth-order valence-corrected chi connectivity index (χ4v) is 3.89. The lowest BCUT2D eigenvalue weighted by molar-refractivity contribution is -0.121. The highest BCUT2D eigenvalue weighted by Crippen LogP contribution is 2.20. The highest BCUT2D eigenvalue weighted by molar-refractivity contribution is 7.44. The van der Waals surface area contributed by atoms with Gasteiger partial charge in [0, 0.05) is 19.4 Å². The van der Waals surface area contributed by atoms with Gasteiger partial charge in [0.25, 0.3) is 0 Å². The molecule has 0 aromatic carbocycles. The van der Waals surface area contributed by atoms with E-state index in [0.717, 1.165) is 38.5 Å². The van der Waals surface area contributed by atoms with Gasteiger partial charge in [-0.15, -0.1) is 0 Å². The predicted octanol–water partition coefficient (Wildman–Crippen LogP) is 5.19. The van der Waals surface area contributed by atoms with Crippen LogP contribution in [-0.2, 0) is 9.36 Å². The van der Waals surface area contributed by atoms with Crippen LogP contribution in [0, 0.1) is 0 Å². The van der Waals surface area contributed by atoms with Crippen molar-refractivity contribution in [1.82, 2.24) is 5.32 Å². The van der Waals surface area contributed by atoms with E-state index in [2.05, 4.69) is 48.7 Å². The van der Waals surface area contributed by atoms with E-state index in [-0.39, 0.29) is 12.1 Å². The lowest BCUT2D eigenvalue weighted by atomic mass is 10.1. The van der Waals surface area contributed by atoms with Gasteiger partial charge in [0.05, 0.1) is 0 Å². The molecule has 5 nitrogen and oxygen atoms in total. The van der Waals surface area contributed by atoms with Gasteiger partial charge < -0.3 is 16.2 Å². The van der Waals surface area contributed by atoms with Gasteiger partial charge >= 0.3 is 7.80 Å². The van der Waals surface area contributed by atoms with E-state index >= 15 is 0 Å². The molecule has 0 aromatic heterocycles. The zero-order valence-electron chi connectivity index (χ0n) is 18.2. The summed E-state index contributed by atoms with van der Waals surface area (Å²) in [5.74, 6) is 0.0697. The third kappa shape index (κ3) is 22.9. The normalized spacial score (nSPS) is 13.6. The Kier molecular flexibility index (Phi) is 20.5. The molecule has 0 bridgehead atoms. The Morgan fingerprint density at radius 2 is 1.59 bits per heavy atom. The van der Waals surface area contributed by atoms with Crippen molar-refractivity contribution in [2.24, 2.45) is 5.73 Å². The second kappa shape index (κ2) is 21.4. The van der Waals surface area contributed by atoms with Crippen LogP contribution in [0.15, 0.2) is 36.5 Å². The summed E-state index contributed by atoms with van der Waals surface area (Å²) in [5, 5.41) is 11.8. The molecule has 0 heterocycles. The highest BCUT2D eigenvalue weighted by Gasteiger charge is 2.17. The van der Waals surface area contributed by atoms with Crippen LogP contribution in [0.3, 0.4) is 0 Å². The number of allylic oxidation sites excluding steroid dienone is 6. The first-order valence-electron chi connectivity index (χ1n) is 11.1. The van der Waals surface area contributed by atoms with Crippen molar-refractivity contribution in [3.05, 3.63) is 36.5 Å². The predicted molar refractivity (Wildman–Crippen MR) is 124 cm³/mol. The number of carbonyl (C=O) groups excluding carboxylic acids is 1. The Bertz CT molecular complexity index is 502. The number of hydrogen-bond acceptors (Lipinski definition) is 4. The van der Waals surface area contributed by atoms with Crippen LogP contribution in [0.25, 0.3) is 0 Å². The smallest absolute Gasteiger partial charge is 0.342 e. The zero-order chi connectivity index (χ0) is 21.6. The Labute approximate surface area is 178 Å². The van der Waals surface area contributed by atoms with Crippen LogP contribution >= 0.6 is 7.80 Å². The molecule has 0 aliphatic rings. The monoisotopic (exact) mass is 425 g/mol. The average molecular weight is 426 g/mol. The summed E-state index contributed by atoms with van der Waals surface area (Å²) in [6.45, 7) is 2.69. The van der Waals surface area contributed by atoms with Gasteiger partial charge in [0.2, 0.25) is 5.91 Å². The highest BCUT2D eigenvalue weighted by atomic mass is 31.1. The van der Waals surface area contributed by atoms with E-state index in [1.165, 1.54) is 19.3 Å². The van der Waals surface area contributed by atoms with Crippen molar-refractivity contribution >= 4 is 13.7 Å². The minimum Gasteiger partial charge on any atom is -0.374 e.